The van der Waals surface area contributed by atoms with Crippen LogP contribution in [0.4, 0.5) is 0 Å². The Bertz CT molecular complexity index is 873. The maximum Gasteiger partial charge on any atom is 0.256 e. The van der Waals surface area contributed by atoms with Crippen LogP contribution in [0.2, 0.25) is 5.15 Å². The van der Waals surface area contributed by atoms with Crippen molar-refractivity contribution in [2.45, 2.75) is 59.5 Å². The van der Waals surface area contributed by atoms with Gasteiger partial charge in [-0.1, -0.05) is 62.7 Å². The molecule has 1 N–H and O–H groups in total. The number of fused-ring (bicyclic) bond motifs is 2. The van der Waals surface area contributed by atoms with Gasteiger partial charge in [-0.2, -0.15) is 5.10 Å². The van der Waals surface area contributed by atoms with Crippen molar-refractivity contribution in [3.8, 4) is 0 Å². The van der Waals surface area contributed by atoms with E-state index in [0.29, 0.717) is 28.9 Å². The van der Waals surface area contributed by atoms with Crippen LogP contribution in [0, 0.1) is 23.7 Å². The summed E-state index contributed by atoms with van der Waals surface area (Å²) in [5.74, 6) is 0.594. The SMILES string of the molecule is Cc1nn(Cc2ccccc2)c(Cl)c1C(=O)N[C@H]1C[C@@H]2CC[C@]1(C)C2(C)C. The van der Waals surface area contributed by atoms with E-state index in [1.54, 1.807) is 4.68 Å². The lowest BCUT2D eigenvalue weighted by molar-refractivity contribution is 0.0825. The van der Waals surface area contributed by atoms with Crippen molar-refractivity contribution in [3.05, 3.63) is 52.3 Å². The third-order valence-electron chi connectivity index (χ3n) is 7.57. The lowest BCUT2D eigenvalue weighted by Crippen LogP contribution is -2.47. The van der Waals surface area contributed by atoms with Crippen molar-refractivity contribution in [2.75, 3.05) is 0 Å². The molecule has 3 atom stereocenters. The van der Waals surface area contributed by atoms with Crippen molar-refractivity contribution in [2.24, 2.45) is 16.7 Å². The molecule has 0 aliphatic heterocycles. The Kier molecular flexibility index (Phi) is 4.38. The molecule has 2 fully saturated rings. The zero-order valence-electron chi connectivity index (χ0n) is 16.6. The number of hydrogen-bond donors (Lipinski definition) is 1. The van der Waals surface area contributed by atoms with Crippen LogP contribution < -0.4 is 5.32 Å². The summed E-state index contributed by atoms with van der Waals surface area (Å²) in [7, 11) is 0. The molecule has 144 valence electrons. The Hall–Kier alpha value is -1.81. The number of rotatable bonds is 4. The summed E-state index contributed by atoms with van der Waals surface area (Å²) < 4.78 is 1.72. The average Bonchev–Trinajstić information content (AvgIpc) is 3.09. The molecule has 4 rings (SSSR count). The van der Waals surface area contributed by atoms with Crippen molar-refractivity contribution in [3.63, 3.8) is 0 Å². The van der Waals surface area contributed by atoms with Gasteiger partial charge in [-0.15, -0.1) is 0 Å². The number of nitrogens with one attached hydrogen (secondary N) is 1. The molecule has 1 amide bonds. The second-order valence-corrected chi connectivity index (χ2v) is 9.39. The number of aromatic nitrogens is 2. The van der Waals surface area contributed by atoms with Crippen LogP contribution in [-0.2, 0) is 6.54 Å². The Morgan fingerprint density at radius 2 is 2.00 bits per heavy atom. The fraction of sp³-hybridized carbons (Fsp3) is 0.545. The summed E-state index contributed by atoms with van der Waals surface area (Å²) in [5.41, 5.74) is 2.71. The van der Waals surface area contributed by atoms with Crippen LogP contribution in [0.3, 0.4) is 0 Å². The van der Waals surface area contributed by atoms with Gasteiger partial charge in [0.05, 0.1) is 17.8 Å². The van der Waals surface area contributed by atoms with Crippen LogP contribution in [0.5, 0.6) is 0 Å². The number of hydrogen-bond acceptors (Lipinski definition) is 2. The third-order valence-corrected chi connectivity index (χ3v) is 7.95. The molecule has 5 heteroatoms. The molecular weight excluding hydrogens is 358 g/mol. The van der Waals surface area contributed by atoms with E-state index >= 15 is 0 Å². The molecule has 0 unspecified atom stereocenters. The molecule has 2 saturated carbocycles. The second-order valence-electron chi connectivity index (χ2n) is 9.03. The molecule has 27 heavy (non-hydrogen) atoms. The minimum Gasteiger partial charge on any atom is -0.349 e. The fourth-order valence-corrected chi connectivity index (χ4v) is 5.64. The molecule has 0 radical (unpaired) electrons. The molecule has 4 nitrogen and oxygen atoms in total. The number of carbonyl (C=O) groups is 1. The van der Waals surface area contributed by atoms with Gasteiger partial charge in [0, 0.05) is 6.04 Å². The van der Waals surface area contributed by atoms with Crippen LogP contribution in [0.15, 0.2) is 30.3 Å². The van der Waals surface area contributed by atoms with E-state index in [1.165, 1.54) is 12.8 Å². The van der Waals surface area contributed by atoms with Crippen LogP contribution in [-0.4, -0.2) is 21.7 Å². The van der Waals surface area contributed by atoms with E-state index in [4.69, 9.17) is 11.6 Å². The molecule has 2 aliphatic carbocycles. The summed E-state index contributed by atoms with van der Waals surface area (Å²) in [5, 5.41) is 8.24. The van der Waals surface area contributed by atoms with E-state index in [9.17, 15) is 4.79 Å². The number of nitrogens with zero attached hydrogens (tertiary/aromatic N) is 2. The predicted molar refractivity (Wildman–Crippen MR) is 108 cm³/mol. The summed E-state index contributed by atoms with van der Waals surface area (Å²) >= 11 is 6.57. The lowest BCUT2D eigenvalue weighted by Gasteiger charge is -2.39. The molecule has 1 aromatic carbocycles. The van der Waals surface area contributed by atoms with E-state index in [1.807, 2.05) is 37.3 Å². The molecule has 0 spiro atoms. The summed E-state index contributed by atoms with van der Waals surface area (Å²) in [6, 6.07) is 10.2. The van der Waals surface area contributed by atoms with Gasteiger partial charge in [-0.05, 0) is 48.5 Å². The molecule has 2 bridgehead atoms. The molecule has 0 saturated heterocycles. The van der Waals surface area contributed by atoms with Gasteiger partial charge in [0.1, 0.15) is 5.15 Å². The standard InChI is InChI=1S/C22H28ClN3O/c1-14-18(19(23)26(25-14)13-15-8-6-5-7-9-15)20(27)24-17-12-16-10-11-22(17,4)21(16,2)3/h5-9,16-17H,10-13H2,1-4H3,(H,24,27)/t16-,17-,22-/m0/s1. The first-order valence-electron chi connectivity index (χ1n) is 9.82. The Morgan fingerprint density at radius 3 is 2.59 bits per heavy atom. The Morgan fingerprint density at radius 1 is 1.30 bits per heavy atom. The summed E-state index contributed by atoms with van der Waals surface area (Å²) in [4.78, 5) is 13.1. The van der Waals surface area contributed by atoms with Crippen molar-refractivity contribution < 1.29 is 4.79 Å². The Labute approximate surface area is 166 Å². The second kappa shape index (κ2) is 6.37. The molecule has 1 aromatic heterocycles. The van der Waals surface area contributed by atoms with E-state index < -0.39 is 0 Å². The number of benzene rings is 1. The van der Waals surface area contributed by atoms with E-state index in [2.05, 4.69) is 31.2 Å². The number of carbonyl (C=O) groups excluding carboxylic acids is 1. The van der Waals surface area contributed by atoms with Gasteiger partial charge in [0.2, 0.25) is 0 Å². The lowest BCUT2D eigenvalue weighted by atomic mass is 9.69. The number of amides is 1. The maximum atomic E-state index is 13.1. The molecule has 2 aliphatic rings. The molecule has 1 heterocycles. The van der Waals surface area contributed by atoms with Gasteiger partial charge >= 0.3 is 0 Å². The average molecular weight is 386 g/mol. The van der Waals surface area contributed by atoms with Crippen molar-refractivity contribution in [1.29, 1.82) is 0 Å². The van der Waals surface area contributed by atoms with Gasteiger partial charge in [0.15, 0.2) is 0 Å². The summed E-state index contributed by atoms with van der Waals surface area (Å²) in [6.07, 6.45) is 3.50. The van der Waals surface area contributed by atoms with Crippen LogP contribution in [0.25, 0.3) is 0 Å². The highest BCUT2D eigenvalue weighted by atomic mass is 35.5. The molecular formula is C22H28ClN3O. The fourth-order valence-electron chi connectivity index (χ4n) is 5.32. The normalized spacial score (nSPS) is 28.5. The largest absolute Gasteiger partial charge is 0.349 e. The first-order chi connectivity index (χ1) is 12.7. The smallest absolute Gasteiger partial charge is 0.256 e. The highest BCUT2D eigenvalue weighted by Gasteiger charge is 2.61. The van der Waals surface area contributed by atoms with Gasteiger partial charge in [0.25, 0.3) is 5.91 Å². The number of aryl methyl sites for hydroxylation is 1. The first kappa shape index (κ1) is 18.5. The van der Waals surface area contributed by atoms with E-state index in [0.717, 1.165) is 12.0 Å². The first-order valence-corrected chi connectivity index (χ1v) is 10.2. The minimum atomic E-state index is -0.0913. The zero-order valence-corrected chi connectivity index (χ0v) is 17.3. The van der Waals surface area contributed by atoms with Crippen LogP contribution >= 0.6 is 11.6 Å². The van der Waals surface area contributed by atoms with Gasteiger partial charge < -0.3 is 5.32 Å². The predicted octanol–water partition coefficient (Wildman–Crippen LogP) is 4.84. The van der Waals surface area contributed by atoms with Crippen molar-refractivity contribution in [1.82, 2.24) is 15.1 Å². The quantitative estimate of drug-likeness (QED) is 0.818. The van der Waals surface area contributed by atoms with Crippen LogP contribution in [0.1, 0.15) is 61.6 Å². The van der Waals surface area contributed by atoms with Gasteiger partial charge in [-0.25, -0.2) is 4.68 Å². The third kappa shape index (κ3) is 2.80. The number of halogens is 1. The minimum absolute atomic E-state index is 0.0913. The highest BCUT2D eigenvalue weighted by Crippen LogP contribution is 2.65. The summed E-state index contributed by atoms with van der Waals surface area (Å²) in [6.45, 7) is 9.46. The van der Waals surface area contributed by atoms with Crippen molar-refractivity contribution >= 4 is 17.5 Å². The molecule has 2 aromatic rings. The zero-order chi connectivity index (χ0) is 19.4. The maximum absolute atomic E-state index is 13.1. The topological polar surface area (TPSA) is 46.9 Å². The monoisotopic (exact) mass is 385 g/mol. The van der Waals surface area contributed by atoms with E-state index in [-0.39, 0.29) is 22.8 Å². The highest BCUT2D eigenvalue weighted by molar-refractivity contribution is 6.33. The van der Waals surface area contributed by atoms with Gasteiger partial charge in [-0.3, -0.25) is 4.79 Å². The Balaban J connectivity index is 1.55.